The first kappa shape index (κ1) is 10.9. The zero-order chi connectivity index (χ0) is 9.90. The molecule has 0 spiro atoms. The predicted molar refractivity (Wildman–Crippen MR) is 51.4 cm³/mol. The molecule has 0 radical (unpaired) electrons. The number of ether oxygens (including phenoxy) is 1. The number of hydrogen-bond donors (Lipinski definition) is 0. The highest BCUT2D eigenvalue weighted by molar-refractivity contribution is 4.83. The molecular formula is C10H20FNO. The average Bonchev–Trinajstić information content (AvgIpc) is 2.27. The largest absolute Gasteiger partial charge is 0.377 e. The first-order valence-corrected chi connectivity index (χ1v) is 5.13. The van der Waals surface area contributed by atoms with E-state index >= 15 is 0 Å². The van der Waals surface area contributed by atoms with Crippen molar-refractivity contribution in [2.75, 3.05) is 19.8 Å². The second-order valence-corrected chi connectivity index (χ2v) is 3.96. The van der Waals surface area contributed by atoms with Gasteiger partial charge in [0.05, 0.1) is 6.61 Å². The van der Waals surface area contributed by atoms with E-state index < -0.39 is 5.79 Å². The number of rotatable bonds is 2. The van der Waals surface area contributed by atoms with E-state index in [0.717, 1.165) is 13.0 Å². The Morgan fingerprint density at radius 1 is 1.54 bits per heavy atom. The van der Waals surface area contributed by atoms with Crippen molar-refractivity contribution in [3.8, 4) is 0 Å². The van der Waals surface area contributed by atoms with Crippen molar-refractivity contribution in [3.63, 3.8) is 0 Å². The van der Waals surface area contributed by atoms with E-state index in [0.29, 0.717) is 13.0 Å². The van der Waals surface area contributed by atoms with E-state index in [1.807, 2.05) is 25.7 Å². The van der Waals surface area contributed by atoms with E-state index in [-0.39, 0.29) is 12.6 Å². The molecule has 1 atom stereocenters. The summed E-state index contributed by atoms with van der Waals surface area (Å²) < 4.78 is 19.5. The van der Waals surface area contributed by atoms with Gasteiger partial charge in [-0.3, -0.25) is 4.90 Å². The molecule has 0 saturated carbocycles. The quantitative estimate of drug-likeness (QED) is 0.617. The highest BCUT2D eigenvalue weighted by Crippen LogP contribution is 2.27. The molecule has 0 aromatic rings. The van der Waals surface area contributed by atoms with E-state index in [2.05, 4.69) is 0 Å². The predicted octanol–water partition coefficient (Wildman–Crippen LogP) is 2.19. The molecule has 0 bridgehead atoms. The van der Waals surface area contributed by atoms with E-state index in [9.17, 15) is 4.39 Å². The van der Waals surface area contributed by atoms with Gasteiger partial charge >= 0.3 is 0 Å². The molecule has 0 aliphatic carbocycles. The summed E-state index contributed by atoms with van der Waals surface area (Å²) in [5.74, 6) is -1.25. The molecule has 3 heteroatoms. The summed E-state index contributed by atoms with van der Waals surface area (Å²) in [4.78, 5) is 1.92. The van der Waals surface area contributed by atoms with Crippen LogP contribution in [-0.4, -0.2) is 36.5 Å². The van der Waals surface area contributed by atoms with Gasteiger partial charge in [0.15, 0.2) is 5.79 Å². The summed E-state index contributed by atoms with van der Waals surface area (Å²) >= 11 is 0. The van der Waals surface area contributed by atoms with Gasteiger partial charge in [-0.05, 0) is 26.7 Å². The van der Waals surface area contributed by atoms with Crippen LogP contribution in [-0.2, 0) is 4.74 Å². The maximum absolute atomic E-state index is 14.3. The van der Waals surface area contributed by atoms with Crippen LogP contribution < -0.4 is 0 Å². The van der Waals surface area contributed by atoms with Crippen LogP contribution in [0, 0.1) is 0 Å². The van der Waals surface area contributed by atoms with Crippen LogP contribution in [0.3, 0.4) is 0 Å². The fourth-order valence-electron chi connectivity index (χ4n) is 1.87. The Balaban J connectivity index is 2.72. The number of halogens is 1. The van der Waals surface area contributed by atoms with Crippen LogP contribution in [0.4, 0.5) is 4.39 Å². The summed E-state index contributed by atoms with van der Waals surface area (Å²) in [7, 11) is 0. The van der Waals surface area contributed by atoms with Gasteiger partial charge in [-0.1, -0.05) is 6.92 Å². The molecule has 1 fully saturated rings. The van der Waals surface area contributed by atoms with Gasteiger partial charge in [0.1, 0.15) is 0 Å². The molecule has 2 nitrogen and oxygen atoms in total. The monoisotopic (exact) mass is 189 g/mol. The molecule has 0 unspecified atom stereocenters. The summed E-state index contributed by atoms with van der Waals surface area (Å²) in [5, 5.41) is 0. The molecule has 0 aromatic carbocycles. The summed E-state index contributed by atoms with van der Waals surface area (Å²) in [5.41, 5.74) is 0. The van der Waals surface area contributed by atoms with Crippen LogP contribution in [0.1, 0.15) is 33.6 Å². The van der Waals surface area contributed by atoms with Crippen molar-refractivity contribution in [1.29, 1.82) is 0 Å². The highest BCUT2D eigenvalue weighted by atomic mass is 19.1. The number of nitrogens with zero attached hydrogens (tertiary/aromatic N) is 1. The minimum atomic E-state index is -1.25. The second kappa shape index (κ2) is 4.38. The lowest BCUT2D eigenvalue weighted by Crippen LogP contribution is -2.50. The van der Waals surface area contributed by atoms with Crippen molar-refractivity contribution >= 4 is 0 Å². The third kappa shape index (κ3) is 2.41. The SMILES string of the molecule is CC[C@]1(F)COCCCN1C(C)C. The van der Waals surface area contributed by atoms with Gasteiger partial charge in [0, 0.05) is 19.2 Å². The lowest BCUT2D eigenvalue weighted by atomic mass is 10.1. The van der Waals surface area contributed by atoms with Crippen molar-refractivity contribution in [3.05, 3.63) is 0 Å². The smallest absolute Gasteiger partial charge is 0.187 e. The molecule has 0 N–H and O–H groups in total. The molecule has 1 aliphatic heterocycles. The highest BCUT2D eigenvalue weighted by Gasteiger charge is 2.38. The lowest BCUT2D eigenvalue weighted by Gasteiger charge is -2.37. The standard InChI is InChI=1S/C10H20FNO/c1-4-10(11)8-13-7-5-6-12(10)9(2)3/h9H,4-8H2,1-3H3/t10-/m1/s1. The number of hydrogen-bond acceptors (Lipinski definition) is 2. The molecule has 78 valence electrons. The van der Waals surface area contributed by atoms with Crippen LogP contribution in [0.2, 0.25) is 0 Å². The first-order valence-electron chi connectivity index (χ1n) is 5.13. The molecule has 1 saturated heterocycles. The Kier molecular flexibility index (Phi) is 3.68. The molecule has 1 heterocycles. The van der Waals surface area contributed by atoms with Crippen LogP contribution in [0.5, 0.6) is 0 Å². The molecule has 1 aliphatic rings. The molecular weight excluding hydrogens is 169 g/mol. The Hall–Kier alpha value is -0.150. The normalized spacial score (nSPS) is 32.1. The van der Waals surface area contributed by atoms with Crippen LogP contribution >= 0.6 is 0 Å². The first-order chi connectivity index (χ1) is 6.10. The van der Waals surface area contributed by atoms with Crippen LogP contribution in [0.25, 0.3) is 0 Å². The lowest BCUT2D eigenvalue weighted by molar-refractivity contribution is -0.0890. The zero-order valence-electron chi connectivity index (χ0n) is 8.85. The summed E-state index contributed by atoms with van der Waals surface area (Å²) in [6, 6.07) is 0.256. The minimum Gasteiger partial charge on any atom is -0.377 e. The maximum Gasteiger partial charge on any atom is 0.187 e. The van der Waals surface area contributed by atoms with Gasteiger partial charge in [-0.15, -0.1) is 0 Å². The van der Waals surface area contributed by atoms with Gasteiger partial charge in [-0.2, -0.15) is 0 Å². The fourth-order valence-corrected chi connectivity index (χ4v) is 1.87. The van der Waals surface area contributed by atoms with Gasteiger partial charge in [-0.25, -0.2) is 4.39 Å². The molecule has 1 rings (SSSR count). The van der Waals surface area contributed by atoms with E-state index in [4.69, 9.17) is 4.74 Å². The minimum absolute atomic E-state index is 0.224. The van der Waals surface area contributed by atoms with Gasteiger partial charge < -0.3 is 4.74 Å². The van der Waals surface area contributed by atoms with E-state index in [1.54, 1.807) is 0 Å². The fraction of sp³-hybridized carbons (Fsp3) is 1.00. The second-order valence-electron chi connectivity index (χ2n) is 3.96. The Bertz CT molecular complexity index is 163. The van der Waals surface area contributed by atoms with Crippen molar-refractivity contribution in [2.45, 2.75) is 45.4 Å². The summed E-state index contributed by atoms with van der Waals surface area (Å²) in [6.45, 7) is 7.67. The van der Waals surface area contributed by atoms with Gasteiger partial charge in [0.2, 0.25) is 0 Å². The topological polar surface area (TPSA) is 12.5 Å². The zero-order valence-corrected chi connectivity index (χ0v) is 8.85. The van der Waals surface area contributed by atoms with Crippen LogP contribution in [0.15, 0.2) is 0 Å². The Labute approximate surface area is 80.1 Å². The average molecular weight is 189 g/mol. The Morgan fingerprint density at radius 3 is 2.77 bits per heavy atom. The van der Waals surface area contributed by atoms with Crippen molar-refractivity contribution in [1.82, 2.24) is 4.90 Å². The van der Waals surface area contributed by atoms with Gasteiger partial charge in [0.25, 0.3) is 0 Å². The molecule has 0 amide bonds. The van der Waals surface area contributed by atoms with E-state index in [1.165, 1.54) is 0 Å². The molecule has 13 heavy (non-hydrogen) atoms. The number of alkyl halides is 1. The van der Waals surface area contributed by atoms with Crippen molar-refractivity contribution in [2.24, 2.45) is 0 Å². The maximum atomic E-state index is 14.3. The van der Waals surface area contributed by atoms with Crippen molar-refractivity contribution < 1.29 is 9.13 Å². The Morgan fingerprint density at radius 2 is 2.23 bits per heavy atom. The third-order valence-electron chi connectivity index (χ3n) is 2.69. The molecule has 0 aromatic heterocycles. The summed E-state index contributed by atoms with van der Waals surface area (Å²) in [6.07, 6.45) is 1.44. The third-order valence-corrected chi connectivity index (χ3v) is 2.69.